The first-order valence-corrected chi connectivity index (χ1v) is 4.70. The molecule has 2 unspecified atom stereocenters. The van der Waals surface area contributed by atoms with E-state index in [1.807, 2.05) is 6.20 Å². The number of aromatic nitrogens is 2. The Hall–Kier alpha value is -0.870. The lowest BCUT2D eigenvalue weighted by molar-refractivity contribution is 0.294. The summed E-state index contributed by atoms with van der Waals surface area (Å²) < 4.78 is 0. The molecule has 1 aromatic heterocycles. The summed E-state index contributed by atoms with van der Waals surface area (Å²) in [6, 6.07) is 0.786. The fourth-order valence-corrected chi connectivity index (χ4v) is 1.97. The second-order valence-electron chi connectivity index (χ2n) is 3.78. The number of nitrogens with zero attached hydrogens (tertiary/aromatic N) is 2. The quantitative estimate of drug-likeness (QED) is 0.672. The summed E-state index contributed by atoms with van der Waals surface area (Å²) in [5, 5.41) is 0. The van der Waals surface area contributed by atoms with Crippen molar-refractivity contribution in [2.45, 2.75) is 24.9 Å². The Kier molecular flexibility index (Phi) is 2.33. The summed E-state index contributed by atoms with van der Waals surface area (Å²) >= 11 is 0. The van der Waals surface area contributed by atoms with Crippen LogP contribution < -0.4 is 5.73 Å². The zero-order chi connectivity index (χ0) is 9.26. The number of nitrogens with one attached hydrogen (secondary N) is 1. The lowest BCUT2D eigenvalue weighted by atomic mass is 10.1. The van der Waals surface area contributed by atoms with Gasteiger partial charge < -0.3 is 15.6 Å². The molecule has 0 saturated carbocycles. The maximum atomic E-state index is 6.01. The van der Waals surface area contributed by atoms with Gasteiger partial charge in [-0.3, -0.25) is 0 Å². The molecule has 1 aliphatic heterocycles. The van der Waals surface area contributed by atoms with Gasteiger partial charge in [0.15, 0.2) is 0 Å². The van der Waals surface area contributed by atoms with Gasteiger partial charge in [0.2, 0.25) is 0 Å². The number of likely N-dealkylation sites (N-methyl/N-ethyl adjacent to an activating group) is 1. The van der Waals surface area contributed by atoms with E-state index in [-0.39, 0.29) is 0 Å². The van der Waals surface area contributed by atoms with Crippen LogP contribution in [0.1, 0.15) is 12.1 Å². The van der Waals surface area contributed by atoms with Crippen LogP contribution in [0.25, 0.3) is 0 Å². The highest BCUT2D eigenvalue weighted by molar-refractivity contribution is 5.02. The molecule has 72 valence electrons. The van der Waals surface area contributed by atoms with Crippen molar-refractivity contribution in [3.05, 3.63) is 18.2 Å². The second-order valence-corrected chi connectivity index (χ2v) is 3.78. The van der Waals surface area contributed by atoms with Gasteiger partial charge in [-0.2, -0.15) is 0 Å². The van der Waals surface area contributed by atoms with E-state index < -0.39 is 0 Å². The predicted octanol–water partition coefficient (Wildman–Crippen LogP) is -0.0164. The van der Waals surface area contributed by atoms with Crippen molar-refractivity contribution < 1.29 is 0 Å². The molecule has 2 rings (SSSR count). The highest BCUT2D eigenvalue weighted by atomic mass is 15.2. The topological polar surface area (TPSA) is 57.9 Å². The van der Waals surface area contributed by atoms with Crippen LogP contribution in [0.15, 0.2) is 12.5 Å². The minimum atomic E-state index is 0.313. The standard InChI is InChI=1S/C9H16N4/c1-13-3-2-8(10)9(13)4-7-5-11-6-12-7/h5-6,8-9H,2-4,10H2,1H3,(H,11,12). The first-order chi connectivity index (χ1) is 6.27. The van der Waals surface area contributed by atoms with Gasteiger partial charge in [0.05, 0.1) is 6.33 Å². The zero-order valence-electron chi connectivity index (χ0n) is 7.90. The van der Waals surface area contributed by atoms with Crippen molar-refractivity contribution in [3.63, 3.8) is 0 Å². The van der Waals surface area contributed by atoms with Crippen LogP contribution in [-0.4, -0.2) is 40.5 Å². The molecular formula is C9H16N4. The van der Waals surface area contributed by atoms with E-state index in [2.05, 4.69) is 21.9 Å². The number of imidazole rings is 1. The van der Waals surface area contributed by atoms with Gasteiger partial charge >= 0.3 is 0 Å². The number of nitrogens with two attached hydrogens (primary N) is 1. The Morgan fingerprint density at radius 3 is 3.15 bits per heavy atom. The van der Waals surface area contributed by atoms with Crippen molar-refractivity contribution >= 4 is 0 Å². The Balaban J connectivity index is 2.01. The molecule has 3 N–H and O–H groups in total. The molecule has 2 heterocycles. The van der Waals surface area contributed by atoms with E-state index >= 15 is 0 Å². The summed E-state index contributed by atoms with van der Waals surface area (Å²) in [6.45, 7) is 1.11. The molecule has 1 saturated heterocycles. The van der Waals surface area contributed by atoms with Crippen LogP contribution >= 0.6 is 0 Å². The fraction of sp³-hybridized carbons (Fsp3) is 0.667. The third-order valence-corrected chi connectivity index (χ3v) is 2.86. The first-order valence-electron chi connectivity index (χ1n) is 4.70. The van der Waals surface area contributed by atoms with Crippen LogP contribution in [0.2, 0.25) is 0 Å². The largest absolute Gasteiger partial charge is 0.348 e. The molecule has 1 fully saturated rings. The molecule has 0 spiro atoms. The maximum absolute atomic E-state index is 6.01. The fourth-order valence-electron chi connectivity index (χ4n) is 1.97. The van der Waals surface area contributed by atoms with E-state index in [4.69, 9.17) is 5.73 Å². The highest BCUT2D eigenvalue weighted by Gasteiger charge is 2.28. The number of hydrogen-bond acceptors (Lipinski definition) is 3. The average molecular weight is 180 g/mol. The minimum Gasteiger partial charge on any atom is -0.348 e. The van der Waals surface area contributed by atoms with Crippen molar-refractivity contribution in [1.29, 1.82) is 0 Å². The number of likely N-dealkylation sites (tertiary alicyclic amines) is 1. The number of H-pyrrole nitrogens is 1. The summed E-state index contributed by atoms with van der Waals surface area (Å²) in [5.41, 5.74) is 7.19. The van der Waals surface area contributed by atoms with Crippen LogP contribution in [0.5, 0.6) is 0 Å². The molecule has 0 aliphatic carbocycles. The molecule has 0 amide bonds. The number of aromatic amines is 1. The van der Waals surface area contributed by atoms with Crippen molar-refractivity contribution in [3.8, 4) is 0 Å². The summed E-state index contributed by atoms with van der Waals surface area (Å²) in [6.07, 6.45) is 5.68. The summed E-state index contributed by atoms with van der Waals surface area (Å²) in [7, 11) is 2.13. The first kappa shape index (κ1) is 8.72. The van der Waals surface area contributed by atoms with Crippen LogP contribution in [0.3, 0.4) is 0 Å². The van der Waals surface area contributed by atoms with Crippen LogP contribution in [0.4, 0.5) is 0 Å². The molecule has 4 heteroatoms. The second kappa shape index (κ2) is 3.47. The van der Waals surface area contributed by atoms with E-state index in [0.29, 0.717) is 12.1 Å². The summed E-state index contributed by atoms with van der Waals surface area (Å²) in [4.78, 5) is 9.44. The van der Waals surface area contributed by atoms with Crippen molar-refractivity contribution in [2.75, 3.05) is 13.6 Å². The third kappa shape index (κ3) is 1.73. The van der Waals surface area contributed by atoms with Gasteiger partial charge in [-0.25, -0.2) is 4.98 Å². The van der Waals surface area contributed by atoms with Gasteiger partial charge in [0.1, 0.15) is 0 Å². The van der Waals surface area contributed by atoms with Gasteiger partial charge in [-0.1, -0.05) is 0 Å². The lowest BCUT2D eigenvalue weighted by Gasteiger charge is -2.21. The molecule has 4 nitrogen and oxygen atoms in total. The third-order valence-electron chi connectivity index (χ3n) is 2.86. The Morgan fingerprint density at radius 1 is 1.77 bits per heavy atom. The monoisotopic (exact) mass is 180 g/mol. The van der Waals surface area contributed by atoms with Crippen LogP contribution in [0, 0.1) is 0 Å². The van der Waals surface area contributed by atoms with Crippen molar-refractivity contribution in [2.24, 2.45) is 5.73 Å². The number of rotatable bonds is 2. The Labute approximate surface area is 78.1 Å². The normalized spacial score (nSPS) is 29.7. The minimum absolute atomic E-state index is 0.313. The van der Waals surface area contributed by atoms with Crippen molar-refractivity contribution in [1.82, 2.24) is 14.9 Å². The van der Waals surface area contributed by atoms with Gasteiger partial charge in [-0.15, -0.1) is 0 Å². The average Bonchev–Trinajstić information content (AvgIpc) is 2.70. The van der Waals surface area contributed by atoms with Crippen LogP contribution in [-0.2, 0) is 6.42 Å². The van der Waals surface area contributed by atoms with Gasteiger partial charge in [0.25, 0.3) is 0 Å². The maximum Gasteiger partial charge on any atom is 0.0921 e. The molecule has 1 aliphatic rings. The molecule has 0 bridgehead atoms. The molecule has 13 heavy (non-hydrogen) atoms. The lowest BCUT2D eigenvalue weighted by Crippen LogP contribution is -2.39. The zero-order valence-corrected chi connectivity index (χ0v) is 7.90. The Morgan fingerprint density at radius 2 is 2.62 bits per heavy atom. The molecule has 0 aromatic carbocycles. The number of hydrogen-bond donors (Lipinski definition) is 2. The van der Waals surface area contributed by atoms with E-state index in [9.17, 15) is 0 Å². The highest BCUT2D eigenvalue weighted by Crippen LogP contribution is 2.17. The predicted molar refractivity (Wildman–Crippen MR) is 51.3 cm³/mol. The molecule has 0 radical (unpaired) electrons. The molecule has 1 aromatic rings. The van der Waals surface area contributed by atoms with E-state index in [0.717, 1.165) is 19.4 Å². The Bertz CT molecular complexity index is 247. The molecule has 2 atom stereocenters. The SMILES string of the molecule is CN1CCC(N)C1Cc1cnc[nH]1. The van der Waals surface area contributed by atoms with Gasteiger partial charge in [0, 0.05) is 30.4 Å². The smallest absolute Gasteiger partial charge is 0.0921 e. The summed E-state index contributed by atoms with van der Waals surface area (Å²) in [5.74, 6) is 0. The van der Waals surface area contributed by atoms with Gasteiger partial charge in [-0.05, 0) is 20.0 Å². The van der Waals surface area contributed by atoms with E-state index in [1.54, 1.807) is 6.33 Å². The van der Waals surface area contributed by atoms with E-state index in [1.165, 1.54) is 5.69 Å². The molecular weight excluding hydrogens is 164 g/mol.